The molecule has 4 heteroatoms. The molecule has 1 rings (SSSR count). The van der Waals surface area contributed by atoms with Crippen LogP contribution in [-0.2, 0) is 4.79 Å². The van der Waals surface area contributed by atoms with Gasteiger partial charge in [-0.2, -0.15) is 0 Å². The molecule has 0 bridgehead atoms. The summed E-state index contributed by atoms with van der Waals surface area (Å²) in [6.07, 6.45) is 5.08. The molecule has 0 aliphatic heterocycles. The number of aromatic nitrogens is 2. The van der Waals surface area contributed by atoms with E-state index >= 15 is 0 Å². The summed E-state index contributed by atoms with van der Waals surface area (Å²) in [4.78, 5) is 15.4. The SMILES string of the molecule is CC(=O)O.c1c[nH]cn1. The number of rotatable bonds is 0. The summed E-state index contributed by atoms with van der Waals surface area (Å²) in [6.45, 7) is 1.08. The summed E-state index contributed by atoms with van der Waals surface area (Å²) in [5, 5.41) is 7.42. The number of carboxylic acid groups (broad SMARTS) is 1. The van der Waals surface area contributed by atoms with Gasteiger partial charge in [-0.3, -0.25) is 4.79 Å². The Balaban J connectivity index is 0.000000148. The Kier molecular flexibility index (Phi) is 4.12. The maximum absolute atomic E-state index is 9.00. The molecule has 1 aromatic heterocycles. The largest absolute Gasteiger partial charge is 0.481 e. The van der Waals surface area contributed by atoms with Crippen LogP contribution in [0.5, 0.6) is 0 Å². The van der Waals surface area contributed by atoms with Crippen LogP contribution in [0.25, 0.3) is 0 Å². The summed E-state index contributed by atoms with van der Waals surface area (Å²) in [5.41, 5.74) is 0. The molecule has 50 valence electrons. The molecule has 0 saturated heterocycles. The van der Waals surface area contributed by atoms with E-state index < -0.39 is 5.97 Å². The lowest BCUT2D eigenvalue weighted by atomic mass is 10.9. The van der Waals surface area contributed by atoms with Crippen LogP contribution in [0.15, 0.2) is 18.7 Å². The number of nitrogens with zero attached hydrogens (tertiary/aromatic N) is 1. The van der Waals surface area contributed by atoms with Crippen molar-refractivity contribution in [3.63, 3.8) is 0 Å². The average molecular weight is 128 g/mol. The molecule has 0 atom stereocenters. The van der Waals surface area contributed by atoms with Gasteiger partial charge in [0.05, 0.1) is 6.33 Å². The van der Waals surface area contributed by atoms with E-state index in [0.29, 0.717) is 0 Å². The number of hydrogen-bond donors (Lipinski definition) is 2. The molecule has 0 radical (unpaired) electrons. The fourth-order valence-corrected chi connectivity index (χ4v) is 0.215. The number of carboxylic acids is 1. The van der Waals surface area contributed by atoms with Crippen LogP contribution in [-0.4, -0.2) is 21.0 Å². The van der Waals surface area contributed by atoms with E-state index in [0.717, 1.165) is 6.92 Å². The molecule has 2 N–H and O–H groups in total. The number of hydrogen-bond acceptors (Lipinski definition) is 2. The molecule has 0 aliphatic rings. The van der Waals surface area contributed by atoms with Gasteiger partial charge in [0, 0.05) is 19.3 Å². The molecule has 9 heavy (non-hydrogen) atoms. The molecule has 0 amide bonds. The van der Waals surface area contributed by atoms with Crippen molar-refractivity contribution in [2.24, 2.45) is 0 Å². The Bertz CT molecular complexity index is 127. The summed E-state index contributed by atoms with van der Waals surface area (Å²) in [5.74, 6) is -0.833. The summed E-state index contributed by atoms with van der Waals surface area (Å²) in [6, 6.07) is 0. The topological polar surface area (TPSA) is 66.0 Å². The normalized spacial score (nSPS) is 7.22. The number of aromatic amines is 1. The van der Waals surface area contributed by atoms with Crippen molar-refractivity contribution in [3.8, 4) is 0 Å². The summed E-state index contributed by atoms with van der Waals surface area (Å²) >= 11 is 0. The Labute approximate surface area is 52.6 Å². The lowest BCUT2D eigenvalue weighted by Crippen LogP contribution is -1.78. The van der Waals surface area contributed by atoms with Gasteiger partial charge >= 0.3 is 0 Å². The fourth-order valence-electron chi connectivity index (χ4n) is 0.215. The van der Waals surface area contributed by atoms with Gasteiger partial charge in [-0.05, 0) is 0 Å². The lowest BCUT2D eigenvalue weighted by Gasteiger charge is -1.59. The standard InChI is InChI=1S/C3H4N2.C2H4O2/c1-2-5-3-4-1;1-2(3)4/h1-3H,(H,4,5);1H3,(H,3,4). The van der Waals surface area contributed by atoms with Gasteiger partial charge in [0.1, 0.15) is 0 Å². The van der Waals surface area contributed by atoms with E-state index in [1.54, 1.807) is 18.7 Å². The van der Waals surface area contributed by atoms with Crippen molar-refractivity contribution in [2.75, 3.05) is 0 Å². The number of nitrogens with one attached hydrogen (secondary N) is 1. The predicted molar refractivity (Wildman–Crippen MR) is 31.9 cm³/mol. The highest BCUT2D eigenvalue weighted by atomic mass is 16.4. The second-order valence-corrected chi connectivity index (χ2v) is 1.28. The molecule has 0 aliphatic carbocycles. The zero-order chi connectivity index (χ0) is 7.11. The van der Waals surface area contributed by atoms with E-state index in [4.69, 9.17) is 9.90 Å². The summed E-state index contributed by atoms with van der Waals surface area (Å²) < 4.78 is 0. The van der Waals surface area contributed by atoms with Crippen LogP contribution in [0.1, 0.15) is 6.92 Å². The van der Waals surface area contributed by atoms with Crippen LogP contribution >= 0.6 is 0 Å². The van der Waals surface area contributed by atoms with Gasteiger partial charge in [0.2, 0.25) is 0 Å². The van der Waals surface area contributed by atoms with Crippen molar-refractivity contribution < 1.29 is 9.90 Å². The Morgan fingerprint density at radius 2 is 2.33 bits per heavy atom. The van der Waals surface area contributed by atoms with Crippen molar-refractivity contribution in [1.29, 1.82) is 0 Å². The van der Waals surface area contributed by atoms with Crippen LogP contribution in [0, 0.1) is 0 Å². The minimum atomic E-state index is -0.833. The molecule has 0 unspecified atom stereocenters. The highest BCUT2D eigenvalue weighted by Crippen LogP contribution is 1.62. The third-order valence-corrected chi connectivity index (χ3v) is 0.406. The molecule has 0 aromatic carbocycles. The summed E-state index contributed by atoms with van der Waals surface area (Å²) in [7, 11) is 0. The van der Waals surface area contributed by atoms with Gasteiger partial charge < -0.3 is 10.1 Å². The monoisotopic (exact) mass is 128 g/mol. The zero-order valence-electron chi connectivity index (χ0n) is 5.03. The number of aliphatic carboxylic acids is 1. The second-order valence-electron chi connectivity index (χ2n) is 1.28. The molecule has 0 spiro atoms. The second kappa shape index (κ2) is 4.83. The highest BCUT2D eigenvalue weighted by Gasteiger charge is 1.65. The number of H-pyrrole nitrogens is 1. The van der Waals surface area contributed by atoms with E-state index in [1.165, 1.54) is 0 Å². The quantitative estimate of drug-likeness (QED) is 0.534. The van der Waals surface area contributed by atoms with Crippen LogP contribution < -0.4 is 0 Å². The molecule has 0 fully saturated rings. The molecule has 4 nitrogen and oxygen atoms in total. The fraction of sp³-hybridized carbons (Fsp3) is 0.200. The van der Waals surface area contributed by atoms with Gasteiger partial charge in [-0.1, -0.05) is 0 Å². The van der Waals surface area contributed by atoms with E-state index in [1.807, 2.05) is 0 Å². The molecule has 1 heterocycles. The molecular weight excluding hydrogens is 120 g/mol. The first-order valence-corrected chi connectivity index (χ1v) is 2.35. The van der Waals surface area contributed by atoms with E-state index in [9.17, 15) is 0 Å². The number of imidazole rings is 1. The van der Waals surface area contributed by atoms with Crippen LogP contribution in [0.4, 0.5) is 0 Å². The van der Waals surface area contributed by atoms with Gasteiger partial charge in [-0.15, -0.1) is 0 Å². The minimum Gasteiger partial charge on any atom is -0.481 e. The highest BCUT2D eigenvalue weighted by molar-refractivity contribution is 5.62. The third-order valence-electron chi connectivity index (χ3n) is 0.406. The van der Waals surface area contributed by atoms with Gasteiger partial charge in [-0.25, -0.2) is 4.98 Å². The first kappa shape index (κ1) is 7.68. The van der Waals surface area contributed by atoms with Crippen molar-refractivity contribution >= 4 is 5.97 Å². The van der Waals surface area contributed by atoms with Crippen molar-refractivity contribution in [1.82, 2.24) is 9.97 Å². The average Bonchev–Trinajstić information content (AvgIpc) is 2.11. The third kappa shape index (κ3) is 10.8. The molecule has 0 saturated carbocycles. The first-order valence-electron chi connectivity index (χ1n) is 2.35. The Morgan fingerprint density at radius 3 is 2.44 bits per heavy atom. The van der Waals surface area contributed by atoms with Crippen molar-refractivity contribution in [3.05, 3.63) is 18.7 Å². The van der Waals surface area contributed by atoms with Gasteiger partial charge in [0.25, 0.3) is 5.97 Å². The smallest absolute Gasteiger partial charge is 0.300 e. The van der Waals surface area contributed by atoms with Crippen LogP contribution in [0.2, 0.25) is 0 Å². The maximum Gasteiger partial charge on any atom is 0.300 e. The first-order chi connectivity index (χ1) is 4.23. The maximum atomic E-state index is 9.00. The van der Waals surface area contributed by atoms with Gasteiger partial charge in [0.15, 0.2) is 0 Å². The molecular formula is C5H8N2O2. The Morgan fingerprint density at radius 1 is 1.78 bits per heavy atom. The minimum absolute atomic E-state index is 0.833. The van der Waals surface area contributed by atoms with E-state index in [-0.39, 0.29) is 0 Å². The van der Waals surface area contributed by atoms with E-state index in [2.05, 4.69) is 9.97 Å². The zero-order valence-corrected chi connectivity index (χ0v) is 5.03. The Hall–Kier alpha value is -1.32. The number of carbonyl (C=O) groups is 1. The lowest BCUT2D eigenvalue weighted by molar-refractivity contribution is -0.134. The van der Waals surface area contributed by atoms with Crippen LogP contribution in [0.3, 0.4) is 0 Å². The van der Waals surface area contributed by atoms with Crippen molar-refractivity contribution in [2.45, 2.75) is 6.92 Å². The predicted octanol–water partition coefficient (Wildman–Crippen LogP) is 0.501. The molecule has 1 aromatic rings.